The van der Waals surface area contributed by atoms with E-state index in [1.165, 1.54) is 6.42 Å². The number of anilines is 1. The van der Waals surface area contributed by atoms with Gasteiger partial charge in [-0.25, -0.2) is 4.98 Å². The van der Waals surface area contributed by atoms with E-state index in [2.05, 4.69) is 9.88 Å². The molecule has 132 valence electrons. The second-order valence-electron chi connectivity index (χ2n) is 6.74. The van der Waals surface area contributed by atoms with Gasteiger partial charge in [-0.05, 0) is 50.2 Å². The number of nitrogens with zero attached hydrogens (tertiary/aromatic N) is 3. The molecule has 6 heteroatoms. The minimum Gasteiger partial charge on any atom is -0.381 e. The van der Waals surface area contributed by atoms with Crippen molar-refractivity contribution in [1.82, 2.24) is 9.88 Å². The summed E-state index contributed by atoms with van der Waals surface area (Å²) in [5.41, 5.74) is 0. The molecule has 2 aliphatic heterocycles. The summed E-state index contributed by atoms with van der Waals surface area (Å²) < 4.78 is 5.39. The van der Waals surface area contributed by atoms with Crippen LogP contribution in [0.4, 0.5) is 5.82 Å². The van der Waals surface area contributed by atoms with Crippen LogP contribution in [-0.4, -0.2) is 55.2 Å². The molecule has 2 aliphatic rings. The number of piperidine rings is 1. The van der Waals surface area contributed by atoms with Gasteiger partial charge in [0.2, 0.25) is 6.41 Å². The van der Waals surface area contributed by atoms with Gasteiger partial charge >= 0.3 is 0 Å². The van der Waals surface area contributed by atoms with Gasteiger partial charge in [0.05, 0.1) is 5.02 Å². The van der Waals surface area contributed by atoms with Crippen molar-refractivity contribution in [2.45, 2.75) is 38.1 Å². The highest BCUT2D eigenvalue weighted by Crippen LogP contribution is 2.28. The Morgan fingerprint density at radius 1 is 1.38 bits per heavy atom. The second-order valence-corrected chi connectivity index (χ2v) is 7.15. The summed E-state index contributed by atoms with van der Waals surface area (Å²) in [5, 5.41) is 0.717. The molecule has 1 aromatic heterocycles. The van der Waals surface area contributed by atoms with E-state index in [1.807, 2.05) is 17.0 Å². The predicted octanol–water partition coefficient (Wildman–Crippen LogP) is 2.98. The van der Waals surface area contributed by atoms with Gasteiger partial charge in [0.15, 0.2) is 0 Å². The first kappa shape index (κ1) is 17.5. The highest BCUT2D eigenvalue weighted by molar-refractivity contribution is 6.32. The molecule has 1 unspecified atom stereocenters. The van der Waals surface area contributed by atoms with Gasteiger partial charge in [-0.2, -0.15) is 0 Å². The van der Waals surface area contributed by atoms with Crippen molar-refractivity contribution in [3.8, 4) is 0 Å². The number of aromatic nitrogens is 1. The SMILES string of the molecule is O=CN(CCC1CCCN(c2ncccc2Cl)C1)C1CCOCC1. The molecule has 1 aromatic rings. The molecule has 1 atom stereocenters. The van der Waals surface area contributed by atoms with Crippen LogP contribution in [0.25, 0.3) is 0 Å². The molecule has 0 saturated carbocycles. The number of pyridine rings is 1. The Kier molecular flexibility index (Phi) is 6.32. The maximum Gasteiger partial charge on any atom is 0.209 e. The van der Waals surface area contributed by atoms with Gasteiger partial charge in [-0.1, -0.05) is 11.6 Å². The maximum absolute atomic E-state index is 11.5. The van der Waals surface area contributed by atoms with Gasteiger partial charge in [-0.15, -0.1) is 0 Å². The number of hydrogen-bond acceptors (Lipinski definition) is 4. The minimum atomic E-state index is 0.348. The molecule has 0 aliphatic carbocycles. The number of carbonyl (C=O) groups excluding carboxylic acids is 1. The maximum atomic E-state index is 11.5. The van der Waals surface area contributed by atoms with Crippen LogP contribution >= 0.6 is 11.6 Å². The fourth-order valence-electron chi connectivity index (χ4n) is 3.77. The largest absolute Gasteiger partial charge is 0.381 e. The van der Waals surface area contributed by atoms with Crippen molar-refractivity contribution in [2.75, 3.05) is 37.7 Å². The fraction of sp³-hybridized carbons (Fsp3) is 0.667. The molecule has 0 spiro atoms. The average Bonchev–Trinajstić information content (AvgIpc) is 2.64. The molecular formula is C18H26ClN3O2. The third kappa shape index (κ3) is 4.39. The van der Waals surface area contributed by atoms with Crippen molar-refractivity contribution in [1.29, 1.82) is 0 Å². The minimum absolute atomic E-state index is 0.348. The van der Waals surface area contributed by atoms with Crippen LogP contribution in [0.5, 0.6) is 0 Å². The lowest BCUT2D eigenvalue weighted by atomic mass is 9.94. The number of hydrogen-bond donors (Lipinski definition) is 0. The summed E-state index contributed by atoms with van der Waals surface area (Å²) >= 11 is 6.29. The van der Waals surface area contributed by atoms with E-state index in [-0.39, 0.29) is 0 Å². The first-order valence-corrected chi connectivity index (χ1v) is 9.30. The van der Waals surface area contributed by atoms with Crippen LogP contribution in [-0.2, 0) is 9.53 Å². The van der Waals surface area contributed by atoms with Gasteiger partial charge in [0.25, 0.3) is 0 Å². The zero-order valence-electron chi connectivity index (χ0n) is 14.1. The van der Waals surface area contributed by atoms with E-state index in [0.717, 1.165) is 75.8 Å². The van der Waals surface area contributed by atoms with Crippen LogP contribution in [0.3, 0.4) is 0 Å². The molecule has 5 nitrogen and oxygen atoms in total. The van der Waals surface area contributed by atoms with E-state index < -0.39 is 0 Å². The van der Waals surface area contributed by atoms with E-state index in [0.29, 0.717) is 12.0 Å². The van der Waals surface area contributed by atoms with Crippen LogP contribution in [0.2, 0.25) is 5.02 Å². The quantitative estimate of drug-likeness (QED) is 0.739. The monoisotopic (exact) mass is 351 g/mol. The fourth-order valence-corrected chi connectivity index (χ4v) is 4.01. The molecular weight excluding hydrogens is 326 g/mol. The van der Waals surface area contributed by atoms with E-state index >= 15 is 0 Å². The lowest BCUT2D eigenvalue weighted by Crippen LogP contribution is -2.41. The Morgan fingerprint density at radius 2 is 2.21 bits per heavy atom. The summed E-state index contributed by atoms with van der Waals surface area (Å²) in [6.45, 7) is 4.35. The normalized spacial score (nSPS) is 22.4. The van der Waals surface area contributed by atoms with Crippen molar-refractivity contribution < 1.29 is 9.53 Å². The first-order chi connectivity index (χ1) is 11.8. The molecule has 0 bridgehead atoms. The van der Waals surface area contributed by atoms with Crippen LogP contribution in [0, 0.1) is 5.92 Å². The predicted molar refractivity (Wildman–Crippen MR) is 95.4 cm³/mol. The molecule has 24 heavy (non-hydrogen) atoms. The molecule has 3 heterocycles. The van der Waals surface area contributed by atoms with Crippen molar-refractivity contribution in [3.63, 3.8) is 0 Å². The van der Waals surface area contributed by atoms with Gasteiger partial charge in [0, 0.05) is 45.1 Å². The Labute approximate surface area is 148 Å². The zero-order valence-corrected chi connectivity index (χ0v) is 14.8. The molecule has 0 N–H and O–H groups in total. The summed E-state index contributed by atoms with van der Waals surface area (Å²) in [4.78, 5) is 20.2. The molecule has 0 aromatic carbocycles. The smallest absolute Gasteiger partial charge is 0.209 e. The third-order valence-corrected chi connectivity index (χ3v) is 5.44. The molecule has 2 saturated heterocycles. The number of carbonyl (C=O) groups is 1. The lowest BCUT2D eigenvalue weighted by Gasteiger charge is -2.36. The number of rotatable bonds is 6. The lowest BCUT2D eigenvalue weighted by molar-refractivity contribution is -0.122. The first-order valence-electron chi connectivity index (χ1n) is 8.92. The Bertz CT molecular complexity index is 537. The molecule has 2 fully saturated rings. The van der Waals surface area contributed by atoms with Gasteiger partial charge < -0.3 is 14.5 Å². The second kappa shape index (κ2) is 8.67. The highest BCUT2D eigenvalue weighted by atomic mass is 35.5. The Balaban J connectivity index is 1.53. The molecule has 0 radical (unpaired) electrons. The zero-order chi connectivity index (χ0) is 16.8. The molecule has 1 amide bonds. The van der Waals surface area contributed by atoms with Crippen LogP contribution in [0.1, 0.15) is 32.1 Å². The summed E-state index contributed by atoms with van der Waals surface area (Å²) in [6, 6.07) is 4.11. The Hall–Kier alpha value is -1.33. The standard InChI is InChI=1S/C18H26ClN3O2/c19-17-4-1-8-20-18(17)21-9-2-3-15(13-21)5-10-22(14-23)16-6-11-24-12-7-16/h1,4,8,14-16H,2-3,5-7,9-13H2. The number of halogens is 1. The summed E-state index contributed by atoms with van der Waals surface area (Å²) in [7, 11) is 0. The van der Waals surface area contributed by atoms with Crippen molar-refractivity contribution >= 4 is 23.8 Å². The Morgan fingerprint density at radius 3 is 2.96 bits per heavy atom. The van der Waals surface area contributed by atoms with Crippen LogP contribution < -0.4 is 4.90 Å². The topological polar surface area (TPSA) is 45.7 Å². The van der Waals surface area contributed by atoms with E-state index in [4.69, 9.17) is 16.3 Å². The van der Waals surface area contributed by atoms with E-state index in [9.17, 15) is 4.79 Å². The summed E-state index contributed by atoms with van der Waals surface area (Å²) in [5.74, 6) is 1.47. The average molecular weight is 352 g/mol. The molecule has 3 rings (SSSR count). The van der Waals surface area contributed by atoms with Crippen LogP contribution in [0.15, 0.2) is 18.3 Å². The van der Waals surface area contributed by atoms with Crippen molar-refractivity contribution in [2.24, 2.45) is 5.92 Å². The third-order valence-electron chi connectivity index (χ3n) is 5.15. The van der Waals surface area contributed by atoms with Gasteiger partial charge in [-0.3, -0.25) is 4.79 Å². The van der Waals surface area contributed by atoms with E-state index in [1.54, 1.807) is 6.20 Å². The highest BCUT2D eigenvalue weighted by Gasteiger charge is 2.25. The van der Waals surface area contributed by atoms with Crippen molar-refractivity contribution in [3.05, 3.63) is 23.4 Å². The van der Waals surface area contributed by atoms with Gasteiger partial charge in [0.1, 0.15) is 5.82 Å². The summed E-state index contributed by atoms with van der Waals surface area (Å²) in [6.07, 6.45) is 8.13. The number of ether oxygens (including phenoxy) is 1. The number of amides is 1.